The molecule has 1 heterocycles. The Bertz CT molecular complexity index is 1450. The molecule has 36 heavy (non-hydrogen) atoms. The first-order chi connectivity index (χ1) is 16.7. The number of sulfonamides is 2. The number of rotatable bonds is 9. The van der Waals surface area contributed by atoms with Crippen molar-refractivity contribution in [2.24, 2.45) is 0 Å². The molecule has 0 bridgehead atoms. The summed E-state index contributed by atoms with van der Waals surface area (Å²) in [5.41, 5.74) is -0.125. The number of aromatic nitrogens is 2. The van der Waals surface area contributed by atoms with Gasteiger partial charge in [0.2, 0.25) is 5.88 Å². The van der Waals surface area contributed by atoms with Crippen molar-refractivity contribution in [3.05, 3.63) is 53.0 Å². The molecule has 0 aliphatic heterocycles. The van der Waals surface area contributed by atoms with Crippen LogP contribution in [0.2, 0.25) is 0 Å². The molecule has 2 aromatic carbocycles. The van der Waals surface area contributed by atoms with Crippen LogP contribution in [0.5, 0.6) is 17.6 Å². The predicted molar refractivity (Wildman–Crippen MR) is 124 cm³/mol. The number of halogens is 4. The van der Waals surface area contributed by atoms with E-state index in [1.165, 1.54) is 26.4 Å². The van der Waals surface area contributed by atoms with Crippen LogP contribution in [0.4, 0.5) is 24.7 Å². The Morgan fingerprint density at radius 3 is 2.11 bits per heavy atom. The molecule has 0 aliphatic carbocycles. The minimum Gasteiger partial charge on any atom is -0.481 e. The van der Waals surface area contributed by atoms with E-state index in [0.717, 1.165) is 36.4 Å². The fourth-order valence-electron chi connectivity index (χ4n) is 2.67. The third-order valence-corrected chi connectivity index (χ3v) is 7.44. The van der Waals surface area contributed by atoms with Gasteiger partial charge in [0.15, 0.2) is 11.6 Å². The highest BCUT2D eigenvalue weighted by Gasteiger charge is 2.34. The van der Waals surface area contributed by atoms with Crippen LogP contribution in [-0.4, -0.2) is 47.4 Å². The number of hydrogen-bond donors (Lipinski definition) is 2. The lowest BCUT2D eigenvalue weighted by atomic mass is 10.3. The summed E-state index contributed by atoms with van der Waals surface area (Å²) < 4.78 is 107. The Morgan fingerprint density at radius 2 is 1.53 bits per heavy atom. The molecule has 2 N–H and O–H groups in total. The van der Waals surface area contributed by atoms with E-state index in [1.54, 1.807) is 0 Å². The summed E-state index contributed by atoms with van der Waals surface area (Å²) in [6.07, 6.45) is -5.13. The summed E-state index contributed by atoms with van der Waals surface area (Å²) >= 11 is 2.96. The number of benzene rings is 2. The van der Waals surface area contributed by atoms with Crippen molar-refractivity contribution in [1.29, 1.82) is 0 Å². The van der Waals surface area contributed by atoms with Gasteiger partial charge in [0.25, 0.3) is 20.0 Å². The normalized spacial score (nSPS) is 12.1. The first-order valence-corrected chi connectivity index (χ1v) is 13.2. The van der Waals surface area contributed by atoms with Gasteiger partial charge in [-0.05, 0) is 42.5 Å². The van der Waals surface area contributed by atoms with E-state index in [1.807, 2.05) is 0 Å². The molecule has 0 radical (unpaired) electrons. The zero-order chi connectivity index (χ0) is 26.7. The van der Waals surface area contributed by atoms with Crippen molar-refractivity contribution < 1.29 is 44.2 Å². The highest BCUT2D eigenvalue weighted by atomic mass is 79.9. The van der Waals surface area contributed by atoms with E-state index in [9.17, 15) is 30.0 Å². The van der Waals surface area contributed by atoms with Crippen LogP contribution in [0.15, 0.2) is 62.8 Å². The van der Waals surface area contributed by atoms with E-state index in [4.69, 9.17) is 9.47 Å². The summed E-state index contributed by atoms with van der Waals surface area (Å²) in [6, 6.07) is 8.40. The minimum absolute atomic E-state index is 0.0334. The summed E-state index contributed by atoms with van der Waals surface area (Å²) in [4.78, 5) is 6.65. The van der Waals surface area contributed by atoms with Gasteiger partial charge < -0.3 is 14.2 Å². The second kappa shape index (κ2) is 10.4. The predicted octanol–water partition coefficient (Wildman–Crippen LogP) is 3.76. The van der Waals surface area contributed by atoms with Crippen LogP contribution in [0.1, 0.15) is 0 Å². The van der Waals surface area contributed by atoms with E-state index < -0.39 is 37.1 Å². The van der Waals surface area contributed by atoms with Crippen molar-refractivity contribution in [2.75, 3.05) is 23.7 Å². The summed E-state index contributed by atoms with van der Waals surface area (Å²) in [5.74, 6) is -1.08. The quantitative estimate of drug-likeness (QED) is 0.369. The van der Waals surface area contributed by atoms with Gasteiger partial charge in [0.05, 0.1) is 19.1 Å². The van der Waals surface area contributed by atoms with E-state index in [-0.39, 0.29) is 32.8 Å². The maximum atomic E-state index is 12.7. The zero-order valence-corrected chi connectivity index (χ0v) is 21.4. The molecular weight excluding hydrogens is 597 g/mol. The van der Waals surface area contributed by atoms with Crippen molar-refractivity contribution in [2.45, 2.75) is 16.2 Å². The van der Waals surface area contributed by atoms with Crippen LogP contribution in [-0.2, 0) is 20.0 Å². The van der Waals surface area contributed by atoms with Crippen LogP contribution < -0.4 is 23.7 Å². The van der Waals surface area contributed by atoms with Crippen LogP contribution in [0, 0.1) is 0 Å². The highest BCUT2D eigenvalue weighted by molar-refractivity contribution is 9.10. The molecule has 0 saturated carbocycles. The molecule has 17 heteroatoms. The Labute approximate surface area is 211 Å². The Kier molecular flexibility index (Phi) is 7.85. The van der Waals surface area contributed by atoms with Gasteiger partial charge in [-0.3, -0.25) is 9.44 Å². The number of ether oxygens (including phenoxy) is 3. The monoisotopic (exact) mass is 612 g/mol. The molecule has 0 saturated heterocycles. The summed E-state index contributed by atoms with van der Waals surface area (Å²) in [6.45, 7) is 0. The first-order valence-electron chi connectivity index (χ1n) is 9.40. The molecule has 0 fully saturated rings. The van der Waals surface area contributed by atoms with Gasteiger partial charge in [-0.25, -0.2) is 16.8 Å². The smallest absolute Gasteiger partial charge is 0.481 e. The van der Waals surface area contributed by atoms with Gasteiger partial charge in [0.1, 0.15) is 4.90 Å². The summed E-state index contributed by atoms with van der Waals surface area (Å²) in [5, 5.41) is 0. The minimum atomic E-state index is -5.13. The maximum Gasteiger partial charge on any atom is 0.573 e. The molecule has 194 valence electrons. The zero-order valence-electron chi connectivity index (χ0n) is 18.2. The molecule has 3 aromatic rings. The Balaban J connectivity index is 1.84. The second-order valence-electron chi connectivity index (χ2n) is 6.66. The number of hydrogen-bond acceptors (Lipinski definition) is 9. The Morgan fingerprint density at radius 1 is 0.861 bits per heavy atom. The lowest BCUT2D eigenvalue weighted by molar-refractivity contribution is -0.275. The van der Waals surface area contributed by atoms with Crippen molar-refractivity contribution >= 4 is 47.5 Å². The largest absolute Gasteiger partial charge is 0.573 e. The molecule has 0 amide bonds. The molecule has 11 nitrogen and oxygen atoms in total. The third-order valence-electron chi connectivity index (χ3n) is 4.15. The second-order valence-corrected chi connectivity index (χ2v) is 10.9. The molecule has 3 rings (SSSR count). The number of anilines is 2. The average molecular weight is 613 g/mol. The van der Waals surface area contributed by atoms with E-state index >= 15 is 0 Å². The maximum absolute atomic E-state index is 12.7. The lowest BCUT2D eigenvalue weighted by Crippen LogP contribution is -2.21. The van der Waals surface area contributed by atoms with Crippen molar-refractivity contribution in [1.82, 2.24) is 9.97 Å². The number of alkyl halides is 3. The molecule has 0 aliphatic rings. The average Bonchev–Trinajstić information content (AvgIpc) is 2.77. The fourth-order valence-corrected chi connectivity index (χ4v) is 5.17. The van der Waals surface area contributed by atoms with Crippen LogP contribution in [0.25, 0.3) is 0 Å². The standard InChI is InChI=1S/C19H16BrF3N4O7S2/c1-32-17-10-16(24-18(25-17)33-2)27-35(28,29)13-6-4-12(5-7-13)26-36(30,31)15-8-3-11(20)9-14(15)34-19(21,22)23/h3-10,26H,1-2H3,(H,24,25,27). The third kappa shape index (κ3) is 6.88. The van der Waals surface area contributed by atoms with Gasteiger partial charge in [-0.15, -0.1) is 13.2 Å². The number of nitrogens with zero attached hydrogens (tertiary/aromatic N) is 2. The first kappa shape index (κ1) is 27.3. The fraction of sp³-hybridized carbons (Fsp3) is 0.158. The topological polar surface area (TPSA) is 146 Å². The Hall–Kier alpha value is -3.31. The van der Waals surface area contributed by atoms with Gasteiger partial charge in [0, 0.05) is 16.2 Å². The number of nitrogens with one attached hydrogen (secondary N) is 2. The summed E-state index contributed by atoms with van der Waals surface area (Å²) in [7, 11) is -6.15. The van der Waals surface area contributed by atoms with E-state index in [0.29, 0.717) is 0 Å². The molecule has 0 spiro atoms. The SMILES string of the molecule is COc1cc(NS(=O)(=O)c2ccc(NS(=O)(=O)c3ccc(Br)cc3OC(F)(F)F)cc2)nc(OC)n1. The van der Waals surface area contributed by atoms with Crippen LogP contribution >= 0.6 is 15.9 Å². The van der Waals surface area contributed by atoms with Gasteiger partial charge in [-0.2, -0.15) is 9.97 Å². The lowest BCUT2D eigenvalue weighted by Gasteiger charge is -2.15. The highest BCUT2D eigenvalue weighted by Crippen LogP contribution is 2.33. The van der Waals surface area contributed by atoms with Gasteiger partial charge >= 0.3 is 12.4 Å². The van der Waals surface area contributed by atoms with Gasteiger partial charge in [-0.1, -0.05) is 15.9 Å². The van der Waals surface area contributed by atoms with Crippen LogP contribution in [0.3, 0.4) is 0 Å². The molecule has 0 unspecified atom stereocenters. The van der Waals surface area contributed by atoms with Crippen molar-refractivity contribution in [3.63, 3.8) is 0 Å². The number of methoxy groups -OCH3 is 2. The molecule has 0 atom stereocenters. The molecule has 1 aromatic heterocycles. The molecular formula is C19H16BrF3N4O7S2. The van der Waals surface area contributed by atoms with E-state index in [2.05, 4.69) is 40.1 Å². The van der Waals surface area contributed by atoms with Crippen molar-refractivity contribution in [3.8, 4) is 17.6 Å².